The number of alkyl halides is 3. The van der Waals surface area contributed by atoms with Gasteiger partial charge in [-0.2, -0.15) is 13.2 Å². The van der Waals surface area contributed by atoms with Crippen molar-refractivity contribution in [3.05, 3.63) is 63.2 Å². The summed E-state index contributed by atoms with van der Waals surface area (Å²) in [5, 5.41) is 5.94. The van der Waals surface area contributed by atoms with Gasteiger partial charge in [0.15, 0.2) is 0 Å². The lowest BCUT2D eigenvalue weighted by Gasteiger charge is -2.23. The van der Waals surface area contributed by atoms with E-state index in [0.29, 0.717) is 18.7 Å². The smallest absolute Gasteiger partial charge is 0.373 e. The Bertz CT molecular complexity index is 761. The second kappa shape index (κ2) is 9.43. The third-order valence-electron chi connectivity index (χ3n) is 4.09. The summed E-state index contributed by atoms with van der Waals surface area (Å²) in [5.41, 5.74) is 0.907. The molecular formula is C20H22F3IN2O. The minimum Gasteiger partial charge on any atom is -0.373 e. The molecule has 2 aromatic carbocycles. The Balaban J connectivity index is 1.94. The molecule has 0 saturated heterocycles. The fourth-order valence-electron chi connectivity index (χ4n) is 2.60. The van der Waals surface area contributed by atoms with Crippen molar-refractivity contribution in [1.29, 1.82) is 0 Å². The molecule has 3 nitrogen and oxygen atoms in total. The molecule has 27 heavy (non-hydrogen) atoms. The molecule has 1 atom stereocenters. The molecule has 0 aromatic heterocycles. The summed E-state index contributed by atoms with van der Waals surface area (Å²) < 4.78 is 39.1. The van der Waals surface area contributed by atoms with Gasteiger partial charge >= 0.3 is 6.18 Å². The number of halogens is 4. The van der Waals surface area contributed by atoms with Crippen molar-refractivity contribution < 1.29 is 18.0 Å². The van der Waals surface area contributed by atoms with Crippen molar-refractivity contribution in [2.24, 2.45) is 5.92 Å². The van der Waals surface area contributed by atoms with E-state index in [1.165, 1.54) is 12.1 Å². The Kier molecular flexibility index (Phi) is 7.52. The third-order valence-corrected chi connectivity index (χ3v) is 4.76. The molecule has 7 heteroatoms. The maximum absolute atomic E-state index is 12.7. The zero-order chi connectivity index (χ0) is 20.0. The quantitative estimate of drug-likeness (QED) is 0.531. The summed E-state index contributed by atoms with van der Waals surface area (Å²) in [5.74, 6) is -0.194. The molecule has 0 heterocycles. The Labute approximate surface area is 170 Å². The van der Waals surface area contributed by atoms with Crippen LogP contribution in [0.5, 0.6) is 0 Å². The molecule has 0 unspecified atom stereocenters. The average Bonchev–Trinajstić information content (AvgIpc) is 2.59. The maximum atomic E-state index is 12.7. The van der Waals surface area contributed by atoms with Crippen LogP contribution >= 0.6 is 22.6 Å². The number of hydrogen-bond donors (Lipinski definition) is 2. The summed E-state index contributed by atoms with van der Waals surface area (Å²) in [7, 11) is 0. The van der Waals surface area contributed by atoms with Crippen LogP contribution in [0.25, 0.3) is 0 Å². The van der Waals surface area contributed by atoms with Crippen molar-refractivity contribution in [2.75, 3.05) is 11.9 Å². The molecule has 0 spiro atoms. The molecule has 0 radical (unpaired) electrons. The molecule has 2 N–H and O–H groups in total. The fourth-order valence-corrected chi connectivity index (χ4v) is 3.21. The van der Waals surface area contributed by atoms with E-state index in [2.05, 4.69) is 39.3 Å². The molecule has 1 amide bonds. The minimum absolute atomic E-state index is 0.0232. The van der Waals surface area contributed by atoms with Crippen LogP contribution in [0.1, 0.15) is 25.0 Å². The van der Waals surface area contributed by atoms with E-state index in [0.717, 1.165) is 21.3 Å². The normalized spacial score (nSPS) is 12.7. The maximum Gasteiger partial charge on any atom is 0.416 e. The van der Waals surface area contributed by atoms with Crippen LogP contribution in [-0.2, 0) is 17.4 Å². The fraction of sp³-hybridized carbons (Fsp3) is 0.350. The molecule has 0 aliphatic rings. The Morgan fingerprint density at radius 2 is 1.78 bits per heavy atom. The Morgan fingerprint density at radius 3 is 2.33 bits per heavy atom. The lowest BCUT2D eigenvalue weighted by atomic mass is 10.0. The Hall–Kier alpha value is -1.77. The second-order valence-corrected chi connectivity index (χ2v) is 7.86. The highest BCUT2D eigenvalue weighted by atomic mass is 127. The van der Waals surface area contributed by atoms with Crippen molar-refractivity contribution >= 4 is 34.2 Å². The summed E-state index contributed by atoms with van der Waals surface area (Å²) in [4.78, 5) is 12.5. The van der Waals surface area contributed by atoms with E-state index in [1.54, 1.807) is 0 Å². The van der Waals surface area contributed by atoms with Gasteiger partial charge in [0.2, 0.25) is 5.91 Å². The molecule has 2 aromatic rings. The molecule has 0 saturated carbocycles. The molecule has 2 rings (SSSR count). The van der Waals surface area contributed by atoms with Gasteiger partial charge in [-0.25, -0.2) is 0 Å². The summed E-state index contributed by atoms with van der Waals surface area (Å²) in [6, 6.07) is 12.2. The van der Waals surface area contributed by atoms with E-state index in [1.807, 2.05) is 32.0 Å². The number of rotatable bonds is 7. The van der Waals surface area contributed by atoms with Crippen LogP contribution in [0.3, 0.4) is 0 Å². The van der Waals surface area contributed by atoms with Crippen LogP contribution in [-0.4, -0.2) is 18.5 Å². The number of anilines is 1. The van der Waals surface area contributed by atoms with Gasteiger partial charge in [0.05, 0.1) is 5.56 Å². The second-order valence-electron chi connectivity index (χ2n) is 6.61. The third kappa shape index (κ3) is 6.71. The summed E-state index contributed by atoms with van der Waals surface area (Å²) >= 11 is 2.24. The van der Waals surface area contributed by atoms with Crippen LogP contribution in [0, 0.1) is 9.49 Å². The first-order valence-corrected chi connectivity index (χ1v) is 9.70. The molecule has 0 bridgehead atoms. The highest BCUT2D eigenvalue weighted by Crippen LogP contribution is 2.30. The monoisotopic (exact) mass is 490 g/mol. The largest absolute Gasteiger partial charge is 0.416 e. The van der Waals surface area contributed by atoms with Crippen molar-refractivity contribution in [3.8, 4) is 0 Å². The molecular weight excluding hydrogens is 468 g/mol. The molecule has 0 aliphatic carbocycles. The summed E-state index contributed by atoms with van der Waals surface area (Å²) in [6.07, 6.45) is -3.66. The minimum atomic E-state index is -4.37. The van der Waals surface area contributed by atoms with Gasteiger partial charge in [0.25, 0.3) is 0 Å². The molecule has 0 aliphatic heterocycles. The average molecular weight is 490 g/mol. The predicted octanol–water partition coefficient (Wildman–Crippen LogP) is 5.11. The van der Waals surface area contributed by atoms with Gasteiger partial charge in [-0.3, -0.25) is 4.79 Å². The van der Waals surface area contributed by atoms with Gasteiger partial charge in [-0.15, -0.1) is 0 Å². The van der Waals surface area contributed by atoms with Gasteiger partial charge in [-0.1, -0.05) is 26.0 Å². The van der Waals surface area contributed by atoms with Crippen LogP contribution < -0.4 is 10.6 Å². The zero-order valence-corrected chi connectivity index (χ0v) is 17.3. The number of carbonyl (C=O) groups excluding carboxylic acids is 1. The van der Waals surface area contributed by atoms with Crippen LogP contribution in [0.4, 0.5) is 18.9 Å². The standard InChI is InChI=1S/C20H22F3IN2O/c1-13(2)18(26-17-8-6-15(7-9-17)20(21,22)23)19(27)25-11-10-14-4-3-5-16(24)12-14/h3-9,12-13,18,26H,10-11H2,1-2H3,(H,25,27)/t18-/m1/s1. The first kappa shape index (κ1) is 21.5. The lowest BCUT2D eigenvalue weighted by molar-refractivity contribution is -0.137. The number of hydrogen-bond acceptors (Lipinski definition) is 2. The van der Waals surface area contributed by atoms with Gasteiger partial charge in [0, 0.05) is 15.8 Å². The first-order chi connectivity index (χ1) is 12.7. The van der Waals surface area contributed by atoms with Crippen LogP contribution in [0.2, 0.25) is 0 Å². The van der Waals surface area contributed by atoms with E-state index in [-0.39, 0.29) is 11.8 Å². The predicted molar refractivity (Wildman–Crippen MR) is 110 cm³/mol. The van der Waals surface area contributed by atoms with Crippen molar-refractivity contribution in [1.82, 2.24) is 5.32 Å². The van der Waals surface area contributed by atoms with Crippen LogP contribution in [0.15, 0.2) is 48.5 Å². The SMILES string of the molecule is CC(C)[C@@H](Nc1ccc(C(F)(F)F)cc1)C(=O)NCCc1cccc(I)c1. The van der Waals surface area contributed by atoms with Crippen molar-refractivity contribution in [3.63, 3.8) is 0 Å². The van der Waals surface area contributed by atoms with Crippen molar-refractivity contribution in [2.45, 2.75) is 32.5 Å². The zero-order valence-electron chi connectivity index (χ0n) is 15.1. The first-order valence-electron chi connectivity index (χ1n) is 8.63. The summed E-state index contributed by atoms with van der Waals surface area (Å²) in [6.45, 7) is 4.28. The van der Waals surface area contributed by atoms with Gasteiger partial charge in [-0.05, 0) is 76.9 Å². The molecule has 0 fully saturated rings. The number of benzene rings is 2. The van der Waals surface area contributed by atoms with E-state index in [4.69, 9.17) is 0 Å². The highest BCUT2D eigenvalue weighted by molar-refractivity contribution is 14.1. The van der Waals surface area contributed by atoms with E-state index in [9.17, 15) is 18.0 Å². The van der Waals surface area contributed by atoms with Gasteiger partial charge < -0.3 is 10.6 Å². The number of carbonyl (C=O) groups is 1. The highest BCUT2D eigenvalue weighted by Gasteiger charge is 2.30. The van der Waals surface area contributed by atoms with Gasteiger partial charge in [0.1, 0.15) is 6.04 Å². The molecule has 146 valence electrons. The topological polar surface area (TPSA) is 41.1 Å². The lowest BCUT2D eigenvalue weighted by Crippen LogP contribution is -2.43. The number of amides is 1. The van der Waals surface area contributed by atoms with E-state index < -0.39 is 17.8 Å². The Morgan fingerprint density at radius 1 is 1.11 bits per heavy atom. The number of nitrogens with one attached hydrogen (secondary N) is 2. The van der Waals surface area contributed by atoms with E-state index >= 15 is 0 Å².